The molecule has 0 aromatic carbocycles. The van der Waals surface area contributed by atoms with E-state index < -0.39 is 0 Å². The van der Waals surface area contributed by atoms with E-state index in [2.05, 4.69) is 37.1 Å². The van der Waals surface area contributed by atoms with Crippen molar-refractivity contribution in [2.75, 3.05) is 13.1 Å². The highest BCUT2D eigenvalue weighted by molar-refractivity contribution is 5.04. The number of nitrogens with one attached hydrogen (secondary N) is 1. The molecule has 0 saturated carbocycles. The average molecular weight is 293 g/mol. The fraction of sp³-hybridized carbons (Fsp3) is 0.944. The van der Waals surface area contributed by atoms with Crippen LogP contribution in [0.5, 0.6) is 0 Å². The maximum Gasteiger partial charge on any atom is 0.104 e. The van der Waals surface area contributed by atoms with Crippen LogP contribution in [0.2, 0.25) is 0 Å². The summed E-state index contributed by atoms with van der Waals surface area (Å²) in [4.78, 5) is 2.70. The highest BCUT2D eigenvalue weighted by Gasteiger charge is 2.24. The molecule has 1 N–H and O–H groups in total. The molecule has 0 radical (unpaired) electrons. The van der Waals surface area contributed by atoms with Crippen LogP contribution < -0.4 is 5.32 Å². The van der Waals surface area contributed by atoms with Gasteiger partial charge in [-0.1, -0.05) is 19.8 Å². The van der Waals surface area contributed by atoms with Crippen LogP contribution in [0, 0.1) is 11.3 Å². The Morgan fingerprint density at radius 1 is 1.33 bits per heavy atom. The van der Waals surface area contributed by atoms with Crippen LogP contribution in [-0.2, 0) is 0 Å². The molecule has 3 heteroatoms. The molecule has 1 fully saturated rings. The number of rotatable bonds is 9. The Kier molecular flexibility index (Phi) is 8.29. The first-order chi connectivity index (χ1) is 10.0. The third-order valence-electron chi connectivity index (χ3n) is 4.60. The second-order valence-corrected chi connectivity index (χ2v) is 7.17. The minimum Gasteiger partial charge on any atom is -0.300 e. The molecule has 1 aliphatic heterocycles. The van der Waals surface area contributed by atoms with Crippen LogP contribution in [0.4, 0.5) is 0 Å². The van der Waals surface area contributed by atoms with Crippen LogP contribution in [0.3, 0.4) is 0 Å². The van der Waals surface area contributed by atoms with Crippen molar-refractivity contribution < 1.29 is 0 Å². The van der Waals surface area contributed by atoms with E-state index in [1.54, 1.807) is 0 Å². The molecule has 122 valence electrons. The summed E-state index contributed by atoms with van der Waals surface area (Å²) in [5.74, 6) is 0. The zero-order valence-electron chi connectivity index (χ0n) is 14.6. The normalized spacial score (nSPS) is 23.0. The molecule has 21 heavy (non-hydrogen) atoms. The van der Waals surface area contributed by atoms with Gasteiger partial charge in [-0.2, -0.15) is 5.26 Å². The van der Waals surface area contributed by atoms with Crippen LogP contribution in [-0.4, -0.2) is 35.6 Å². The lowest BCUT2D eigenvalue weighted by Crippen LogP contribution is -2.45. The smallest absolute Gasteiger partial charge is 0.104 e. The quantitative estimate of drug-likeness (QED) is 0.651. The largest absolute Gasteiger partial charge is 0.300 e. The molecular weight excluding hydrogens is 258 g/mol. The van der Waals surface area contributed by atoms with Gasteiger partial charge in [0, 0.05) is 12.1 Å². The monoisotopic (exact) mass is 293 g/mol. The van der Waals surface area contributed by atoms with Gasteiger partial charge in [0.25, 0.3) is 0 Å². The number of piperidine rings is 1. The van der Waals surface area contributed by atoms with Crippen LogP contribution in [0.25, 0.3) is 0 Å². The van der Waals surface area contributed by atoms with Gasteiger partial charge in [-0.05, 0) is 72.4 Å². The molecule has 0 aromatic rings. The SMILES string of the molecule is CCCC1CCCCN1CCCCC(C)(C#N)NC(C)C. The molecule has 1 saturated heterocycles. The Morgan fingerprint density at radius 2 is 2.10 bits per heavy atom. The van der Waals surface area contributed by atoms with Gasteiger partial charge < -0.3 is 4.90 Å². The molecule has 2 atom stereocenters. The van der Waals surface area contributed by atoms with Gasteiger partial charge in [0.2, 0.25) is 0 Å². The number of hydrogen-bond donors (Lipinski definition) is 1. The second-order valence-electron chi connectivity index (χ2n) is 7.17. The van der Waals surface area contributed by atoms with Crippen molar-refractivity contribution in [1.82, 2.24) is 10.2 Å². The third kappa shape index (κ3) is 6.80. The summed E-state index contributed by atoms with van der Waals surface area (Å²) in [6.45, 7) is 11.0. The Bertz CT molecular complexity index is 319. The van der Waals surface area contributed by atoms with Gasteiger partial charge in [-0.15, -0.1) is 0 Å². The molecular formula is C18H35N3. The maximum absolute atomic E-state index is 9.37. The third-order valence-corrected chi connectivity index (χ3v) is 4.60. The lowest BCUT2D eigenvalue weighted by Gasteiger charge is -2.36. The second kappa shape index (κ2) is 9.43. The predicted octanol–water partition coefficient (Wildman–Crippen LogP) is 4.09. The zero-order chi connectivity index (χ0) is 15.7. The number of unbranched alkanes of at least 4 members (excludes halogenated alkanes) is 1. The summed E-state index contributed by atoms with van der Waals surface area (Å²) in [5.41, 5.74) is -0.362. The van der Waals surface area contributed by atoms with Crippen molar-refractivity contribution in [2.45, 2.75) is 96.7 Å². The van der Waals surface area contributed by atoms with Crippen molar-refractivity contribution in [3.05, 3.63) is 0 Å². The molecule has 1 heterocycles. The van der Waals surface area contributed by atoms with Crippen LogP contribution in [0.1, 0.15) is 79.1 Å². The van der Waals surface area contributed by atoms with E-state index in [0.717, 1.165) is 18.9 Å². The van der Waals surface area contributed by atoms with E-state index in [1.807, 2.05) is 6.92 Å². The lowest BCUT2D eigenvalue weighted by molar-refractivity contribution is 0.136. The first-order valence-electron chi connectivity index (χ1n) is 8.93. The molecule has 0 bridgehead atoms. The van der Waals surface area contributed by atoms with Crippen molar-refractivity contribution >= 4 is 0 Å². The van der Waals surface area contributed by atoms with Gasteiger partial charge in [-0.3, -0.25) is 5.32 Å². The standard InChI is InChI=1S/C18H35N3/c1-5-10-17-11-6-8-13-21(17)14-9-7-12-18(4,15-19)20-16(2)3/h16-17,20H,5-14H2,1-4H3. The molecule has 0 aliphatic carbocycles. The van der Waals surface area contributed by atoms with Crippen molar-refractivity contribution in [3.63, 3.8) is 0 Å². The van der Waals surface area contributed by atoms with Crippen molar-refractivity contribution in [1.29, 1.82) is 5.26 Å². The van der Waals surface area contributed by atoms with E-state index >= 15 is 0 Å². The summed E-state index contributed by atoms with van der Waals surface area (Å²) in [6.07, 6.45) is 10.1. The summed E-state index contributed by atoms with van der Waals surface area (Å²) in [6, 6.07) is 3.64. The fourth-order valence-electron chi connectivity index (χ4n) is 3.61. The van der Waals surface area contributed by atoms with Gasteiger partial charge >= 0.3 is 0 Å². The van der Waals surface area contributed by atoms with E-state index in [9.17, 15) is 5.26 Å². The minimum atomic E-state index is -0.362. The first-order valence-corrected chi connectivity index (χ1v) is 8.93. The lowest BCUT2D eigenvalue weighted by atomic mass is 9.94. The maximum atomic E-state index is 9.37. The highest BCUT2D eigenvalue weighted by atomic mass is 15.2. The molecule has 1 rings (SSSR count). The number of likely N-dealkylation sites (tertiary alicyclic amines) is 1. The molecule has 1 aliphatic rings. The van der Waals surface area contributed by atoms with Gasteiger partial charge in [0.15, 0.2) is 0 Å². The Morgan fingerprint density at radius 3 is 2.71 bits per heavy atom. The number of nitrogens with zero attached hydrogens (tertiary/aromatic N) is 2. The number of hydrogen-bond acceptors (Lipinski definition) is 3. The molecule has 0 amide bonds. The van der Waals surface area contributed by atoms with Gasteiger partial charge in [0.1, 0.15) is 5.54 Å². The Labute approximate surface area is 132 Å². The summed E-state index contributed by atoms with van der Waals surface area (Å²) >= 11 is 0. The van der Waals surface area contributed by atoms with Crippen molar-refractivity contribution in [2.24, 2.45) is 0 Å². The first kappa shape index (κ1) is 18.5. The van der Waals surface area contributed by atoms with Crippen molar-refractivity contribution in [3.8, 4) is 6.07 Å². The molecule has 3 nitrogen and oxygen atoms in total. The Balaban J connectivity index is 2.30. The summed E-state index contributed by atoms with van der Waals surface area (Å²) < 4.78 is 0. The number of nitriles is 1. The highest BCUT2D eigenvalue weighted by Crippen LogP contribution is 2.22. The average Bonchev–Trinajstić information content (AvgIpc) is 2.45. The Hall–Kier alpha value is -0.590. The van der Waals surface area contributed by atoms with E-state index in [4.69, 9.17) is 0 Å². The van der Waals surface area contributed by atoms with E-state index in [0.29, 0.717) is 6.04 Å². The predicted molar refractivity (Wildman–Crippen MR) is 90.3 cm³/mol. The minimum absolute atomic E-state index is 0.362. The topological polar surface area (TPSA) is 39.1 Å². The fourth-order valence-corrected chi connectivity index (χ4v) is 3.61. The van der Waals surface area contributed by atoms with E-state index in [-0.39, 0.29) is 5.54 Å². The zero-order valence-corrected chi connectivity index (χ0v) is 14.6. The summed E-state index contributed by atoms with van der Waals surface area (Å²) in [5, 5.41) is 12.8. The van der Waals surface area contributed by atoms with Gasteiger partial charge in [0.05, 0.1) is 6.07 Å². The van der Waals surface area contributed by atoms with Crippen LogP contribution >= 0.6 is 0 Å². The molecule has 0 aromatic heterocycles. The van der Waals surface area contributed by atoms with Gasteiger partial charge in [-0.25, -0.2) is 0 Å². The molecule has 0 spiro atoms. The van der Waals surface area contributed by atoms with E-state index in [1.165, 1.54) is 51.6 Å². The molecule has 2 unspecified atom stereocenters. The van der Waals surface area contributed by atoms with Crippen LogP contribution in [0.15, 0.2) is 0 Å². The summed E-state index contributed by atoms with van der Waals surface area (Å²) in [7, 11) is 0.